The van der Waals surface area contributed by atoms with Gasteiger partial charge in [-0.05, 0) is 56.5 Å². The summed E-state index contributed by atoms with van der Waals surface area (Å²) in [6.07, 6.45) is 2.37. The monoisotopic (exact) mass is 402 g/mol. The van der Waals surface area contributed by atoms with E-state index in [1.807, 2.05) is 50.2 Å². The third-order valence-corrected chi connectivity index (χ3v) is 4.99. The van der Waals surface area contributed by atoms with Gasteiger partial charge >= 0.3 is 0 Å². The lowest BCUT2D eigenvalue weighted by Gasteiger charge is -2.18. The molecule has 0 aliphatic rings. The lowest BCUT2D eigenvalue weighted by Crippen LogP contribution is -2.30. The molecule has 3 heterocycles. The molecule has 0 aliphatic heterocycles. The number of pyridine rings is 1. The molecule has 4 rings (SSSR count). The molecule has 30 heavy (non-hydrogen) atoms. The Labute approximate surface area is 175 Å². The number of amides is 1. The molecule has 0 saturated carbocycles. The first-order chi connectivity index (χ1) is 14.4. The van der Waals surface area contributed by atoms with Crippen LogP contribution in [0.3, 0.4) is 0 Å². The summed E-state index contributed by atoms with van der Waals surface area (Å²) in [6, 6.07) is 13.3. The van der Waals surface area contributed by atoms with Gasteiger partial charge in [0, 0.05) is 11.9 Å². The highest BCUT2D eigenvalue weighted by atomic mass is 16.1. The number of nitrogens with zero attached hydrogens (tertiary/aromatic N) is 4. The average Bonchev–Trinajstić information content (AvgIpc) is 3.29. The van der Waals surface area contributed by atoms with Crippen molar-refractivity contribution in [3.05, 3.63) is 71.4 Å². The van der Waals surface area contributed by atoms with E-state index >= 15 is 0 Å². The normalized spacial score (nSPS) is 12.4. The quantitative estimate of drug-likeness (QED) is 0.504. The Hall–Kier alpha value is -3.48. The molecule has 0 saturated heterocycles. The van der Waals surface area contributed by atoms with Crippen molar-refractivity contribution >= 4 is 16.9 Å². The first kappa shape index (κ1) is 19.8. The van der Waals surface area contributed by atoms with Crippen LogP contribution in [0, 0.1) is 19.8 Å². The third-order valence-electron chi connectivity index (χ3n) is 4.99. The summed E-state index contributed by atoms with van der Waals surface area (Å²) in [6.45, 7) is 8.18. The summed E-state index contributed by atoms with van der Waals surface area (Å²) in [5.41, 5.74) is 4.29. The van der Waals surface area contributed by atoms with E-state index in [2.05, 4.69) is 39.2 Å². The number of fused-ring (bicyclic) bond motifs is 1. The predicted octanol–water partition coefficient (Wildman–Crippen LogP) is 4.28. The van der Waals surface area contributed by atoms with Gasteiger partial charge in [-0.25, -0.2) is 14.6 Å². The van der Waals surface area contributed by atoms with Crippen LogP contribution in [0.25, 0.3) is 16.9 Å². The summed E-state index contributed by atoms with van der Waals surface area (Å²) >= 11 is 0. The van der Waals surface area contributed by atoms with Gasteiger partial charge in [0.2, 0.25) is 0 Å². The van der Waals surface area contributed by atoms with E-state index in [1.165, 1.54) is 0 Å². The number of benzene rings is 1. The summed E-state index contributed by atoms with van der Waals surface area (Å²) in [5.74, 6) is 1.68. The molecule has 4 aromatic rings. The summed E-state index contributed by atoms with van der Waals surface area (Å²) < 4.78 is 1.77. The highest BCUT2D eigenvalue weighted by molar-refractivity contribution is 5.94. The molecule has 0 bridgehead atoms. The Kier molecular flexibility index (Phi) is 5.35. The number of rotatable bonds is 6. The number of aromatic nitrogens is 5. The van der Waals surface area contributed by atoms with Crippen molar-refractivity contribution in [2.75, 3.05) is 0 Å². The first-order valence-corrected chi connectivity index (χ1v) is 10.2. The van der Waals surface area contributed by atoms with Crippen LogP contribution in [0.4, 0.5) is 0 Å². The fourth-order valence-electron chi connectivity index (χ4n) is 3.60. The molecule has 0 spiro atoms. The molecule has 1 amide bonds. The number of carbonyl (C=O) groups is 1. The topological polar surface area (TPSA) is 88.5 Å². The van der Waals surface area contributed by atoms with Gasteiger partial charge in [0.1, 0.15) is 5.82 Å². The minimum Gasteiger partial charge on any atom is -0.342 e. The number of hydrogen-bond acceptors (Lipinski definition) is 4. The molecule has 3 aromatic heterocycles. The van der Waals surface area contributed by atoms with Gasteiger partial charge in [0.05, 0.1) is 28.3 Å². The van der Waals surface area contributed by atoms with Crippen LogP contribution >= 0.6 is 0 Å². The van der Waals surface area contributed by atoms with Crippen molar-refractivity contribution in [1.82, 2.24) is 30.0 Å². The molecular formula is C23H26N6O. The number of nitrogens with one attached hydrogen (secondary N) is 2. The van der Waals surface area contributed by atoms with Gasteiger partial charge in [-0.2, -0.15) is 5.10 Å². The highest BCUT2D eigenvalue weighted by Crippen LogP contribution is 2.22. The lowest BCUT2D eigenvalue weighted by atomic mass is 10.0. The van der Waals surface area contributed by atoms with Crippen LogP contribution in [0.5, 0.6) is 0 Å². The van der Waals surface area contributed by atoms with E-state index in [0.29, 0.717) is 17.3 Å². The Balaban J connectivity index is 1.55. The van der Waals surface area contributed by atoms with Crippen LogP contribution in [0.15, 0.2) is 48.7 Å². The second-order valence-electron chi connectivity index (χ2n) is 8.04. The molecule has 7 nitrogen and oxygen atoms in total. The van der Waals surface area contributed by atoms with Crippen LogP contribution in [0.1, 0.15) is 53.9 Å². The van der Waals surface area contributed by atoms with Gasteiger partial charge in [0.15, 0.2) is 5.82 Å². The van der Waals surface area contributed by atoms with Crippen LogP contribution in [0.2, 0.25) is 0 Å². The molecule has 7 heteroatoms. The minimum absolute atomic E-state index is 0.173. The van der Waals surface area contributed by atoms with Gasteiger partial charge in [-0.3, -0.25) is 4.79 Å². The highest BCUT2D eigenvalue weighted by Gasteiger charge is 2.21. The average molecular weight is 403 g/mol. The summed E-state index contributed by atoms with van der Waals surface area (Å²) in [7, 11) is 0. The van der Waals surface area contributed by atoms with Crippen molar-refractivity contribution in [3.8, 4) is 5.82 Å². The van der Waals surface area contributed by atoms with E-state index in [9.17, 15) is 4.79 Å². The zero-order valence-electron chi connectivity index (χ0n) is 17.7. The number of carbonyl (C=O) groups excluding carboxylic acids is 1. The molecule has 154 valence electrons. The standard InChI is InChI=1S/C23H26N6O/c1-14(2)11-20(22-25-18-7-5-6-8-19(18)26-22)27-23(30)17-9-10-21(24-13-17)29-16(4)12-15(3)28-29/h5-10,12-14,20H,11H2,1-4H3,(H,25,26)(H,27,30). The molecule has 2 N–H and O–H groups in total. The molecule has 0 radical (unpaired) electrons. The molecular weight excluding hydrogens is 376 g/mol. The van der Waals surface area contributed by atoms with Crippen molar-refractivity contribution < 1.29 is 4.79 Å². The third kappa shape index (κ3) is 4.10. The van der Waals surface area contributed by atoms with Crippen molar-refractivity contribution in [2.24, 2.45) is 5.92 Å². The Morgan fingerprint density at radius 1 is 1.17 bits per heavy atom. The number of imidazole rings is 1. The summed E-state index contributed by atoms with van der Waals surface area (Å²) in [4.78, 5) is 25.4. The largest absolute Gasteiger partial charge is 0.342 e. The fraction of sp³-hybridized carbons (Fsp3) is 0.304. The molecule has 0 aliphatic carbocycles. The second-order valence-corrected chi connectivity index (χ2v) is 8.04. The van der Waals surface area contributed by atoms with E-state index in [4.69, 9.17) is 0 Å². The summed E-state index contributed by atoms with van der Waals surface area (Å²) in [5, 5.41) is 7.56. The van der Waals surface area contributed by atoms with E-state index in [1.54, 1.807) is 16.9 Å². The number of hydrogen-bond donors (Lipinski definition) is 2. The van der Waals surface area contributed by atoms with E-state index in [-0.39, 0.29) is 11.9 Å². The zero-order valence-corrected chi connectivity index (χ0v) is 17.7. The molecule has 1 aromatic carbocycles. The number of aromatic amines is 1. The first-order valence-electron chi connectivity index (χ1n) is 10.2. The Morgan fingerprint density at radius 3 is 2.60 bits per heavy atom. The maximum atomic E-state index is 12.9. The SMILES string of the molecule is Cc1cc(C)n(-c2ccc(C(=O)NC(CC(C)C)c3nc4ccccc4[nH]3)cn2)n1. The number of para-hydroxylation sites is 2. The van der Waals surface area contributed by atoms with Crippen LogP contribution < -0.4 is 5.32 Å². The van der Waals surface area contributed by atoms with Gasteiger partial charge < -0.3 is 10.3 Å². The van der Waals surface area contributed by atoms with E-state index < -0.39 is 0 Å². The van der Waals surface area contributed by atoms with Crippen molar-refractivity contribution in [2.45, 2.75) is 40.2 Å². The van der Waals surface area contributed by atoms with Gasteiger partial charge in [-0.1, -0.05) is 26.0 Å². The lowest BCUT2D eigenvalue weighted by molar-refractivity contribution is 0.0929. The molecule has 1 unspecified atom stereocenters. The van der Waals surface area contributed by atoms with Crippen molar-refractivity contribution in [1.29, 1.82) is 0 Å². The fourth-order valence-corrected chi connectivity index (χ4v) is 3.60. The molecule has 1 atom stereocenters. The van der Waals surface area contributed by atoms with E-state index in [0.717, 1.165) is 34.7 Å². The second kappa shape index (κ2) is 8.10. The van der Waals surface area contributed by atoms with Crippen LogP contribution in [-0.4, -0.2) is 30.6 Å². The number of H-pyrrole nitrogens is 1. The minimum atomic E-state index is -0.208. The smallest absolute Gasteiger partial charge is 0.253 e. The van der Waals surface area contributed by atoms with Crippen LogP contribution in [-0.2, 0) is 0 Å². The zero-order chi connectivity index (χ0) is 21.3. The van der Waals surface area contributed by atoms with Gasteiger partial charge in [-0.15, -0.1) is 0 Å². The van der Waals surface area contributed by atoms with Crippen molar-refractivity contribution in [3.63, 3.8) is 0 Å². The Morgan fingerprint density at radius 2 is 1.97 bits per heavy atom. The maximum absolute atomic E-state index is 12.9. The number of aryl methyl sites for hydroxylation is 2. The molecule has 0 fully saturated rings. The predicted molar refractivity (Wildman–Crippen MR) is 117 cm³/mol. The maximum Gasteiger partial charge on any atom is 0.253 e. The van der Waals surface area contributed by atoms with Gasteiger partial charge in [0.25, 0.3) is 5.91 Å². The Bertz CT molecular complexity index is 1140.